The van der Waals surface area contributed by atoms with Crippen molar-refractivity contribution in [2.24, 2.45) is 0 Å². The van der Waals surface area contributed by atoms with Crippen molar-refractivity contribution in [3.05, 3.63) is 48.2 Å². The fourth-order valence-electron chi connectivity index (χ4n) is 2.13. The van der Waals surface area contributed by atoms with Crippen molar-refractivity contribution in [1.82, 2.24) is 4.98 Å². The van der Waals surface area contributed by atoms with Gasteiger partial charge in [-0.2, -0.15) is 0 Å². The van der Waals surface area contributed by atoms with Crippen molar-refractivity contribution >= 4 is 21.7 Å². The minimum absolute atomic E-state index is 0.136. The number of pyridine rings is 1. The zero-order chi connectivity index (χ0) is 16.8. The van der Waals surface area contributed by atoms with Gasteiger partial charge in [-0.1, -0.05) is 24.3 Å². The molecule has 0 fully saturated rings. The highest BCUT2D eigenvalue weighted by Crippen LogP contribution is 2.30. The van der Waals surface area contributed by atoms with Crippen LogP contribution in [0, 0.1) is 6.85 Å². The van der Waals surface area contributed by atoms with E-state index in [0.717, 1.165) is 6.07 Å². The molecule has 2 aromatic carbocycles. The number of hydrogen-bond donors (Lipinski definition) is 0. The first kappa shape index (κ1) is 9.58. The van der Waals surface area contributed by atoms with Crippen LogP contribution in [-0.2, 0) is 0 Å². The highest BCUT2D eigenvalue weighted by Gasteiger charge is 2.31. The second-order valence-corrected chi connectivity index (χ2v) is 4.23. The fourth-order valence-corrected chi connectivity index (χ4v) is 2.13. The Morgan fingerprint density at radius 3 is 2.50 bits per heavy atom. The molecule has 5 heteroatoms. The van der Waals surface area contributed by atoms with E-state index < -0.39 is 19.0 Å². The van der Waals surface area contributed by atoms with Crippen LogP contribution in [0.5, 0.6) is 5.75 Å². The van der Waals surface area contributed by atoms with Crippen molar-refractivity contribution < 1.29 is 22.0 Å². The van der Waals surface area contributed by atoms with Gasteiger partial charge in [0, 0.05) is 26.6 Å². The fraction of sp³-hybridized carbons (Fsp3) is 0.133. The van der Waals surface area contributed by atoms with Crippen LogP contribution in [0.2, 0.25) is 0 Å². The summed E-state index contributed by atoms with van der Waals surface area (Å²) in [7, 11) is 0. The number of nitrogens with zero attached hydrogens (tertiary/aromatic N) is 1. The average molecular weight is 280 g/mol. The smallest absolute Gasteiger partial charge is 0.406 e. The summed E-state index contributed by atoms with van der Waals surface area (Å²) in [6, 6.07) is 10.5. The molecule has 20 heavy (non-hydrogen) atoms. The minimum Gasteiger partial charge on any atom is -0.406 e. The first-order valence-electron chi connectivity index (χ1n) is 7.24. The number of hydrogen-bond acceptors (Lipinski definition) is 2. The maximum Gasteiger partial charge on any atom is 0.573 e. The Morgan fingerprint density at radius 1 is 1.05 bits per heavy atom. The third-order valence-corrected chi connectivity index (χ3v) is 2.91. The summed E-state index contributed by atoms with van der Waals surface area (Å²) in [4.78, 5) is 4.06. The largest absolute Gasteiger partial charge is 0.573 e. The van der Waals surface area contributed by atoms with Gasteiger partial charge < -0.3 is 4.74 Å². The van der Waals surface area contributed by atoms with Gasteiger partial charge in [-0.3, -0.25) is 4.98 Å². The predicted molar refractivity (Wildman–Crippen MR) is 70.7 cm³/mol. The topological polar surface area (TPSA) is 22.1 Å². The van der Waals surface area contributed by atoms with Crippen molar-refractivity contribution in [2.75, 3.05) is 0 Å². The van der Waals surface area contributed by atoms with E-state index in [1.165, 1.54) is 12.1 Å². The molecule has 102 valence electrons. The zero-order valence-electron chi connectivity index (χ0n) is 13.0. The van der Waals surface area contributed by atoms with E-state index in [-0.39, 0.29) is 11.2 Å². The Labute approximate surface area is 117 Å². The average Bonchev–Trinajstić information content (AvgIpc) is 2.43. The standard InChI is InChI=1S/C15H10F3NO/c1-9-11-4-2-3-5-12(11)13-7-6-10(8-14(13)19-9)20-15(16,17)18/h2-8H,1H3/i1D3. The Bertz CT molecular complexity index is 891. The van der Waals surface area contributed by atoms with E-state index in [4.69, 9.17) is 4.11 Å². The van der Waals surface area contributed by atoms with Crippen LogP contribution in [0.4, 0.5) is 13.2 Å². The van der Waals surface area contributed by atoms with E-state index >= 15 is 0 Å². The molecule has 0 aliphatic heterocycles. The van der Waals surface area contributed by atoms with Crippen LogP contribution in [0.25, 0.3) is 21.7 Å². The molecule has 0 radical (unpaired) electrons. The van der Waals surface area contributed by atoms with Gasteiger partial charge in [0.25, 0.3) is 0 Å². The number of fused-ring (bicyclic) bond motifs is 3. The number of aromatic nitrogens is 1. The number of halogens is 3. The molecule has 0 saturated carbocycles. The quantitative estimate of drug-likeness (QED) is 0.608. The summed E-state index contributed by atoms with van der Waals surface area (Å²) in [5.74, 6) is -0.440. The molecule has 1 heterocycles. The molecular weight excluding hydrogens is 267 g/mol. The molecule has 0 bridgehead atoms. The molecule has 0 saturated heterocycles. The van der Waals surface area contributed by atoms with Gasteiger partial charge in [-0.15, -0.1) is 13.2 Å². The molecule has 2 nitrogen and oxygen atoms in total. The number of alkyl halides is 3. The van der Waals surface area contributed by atoms with Crippen molar-refractivity contribution in [1.29, 1.82) is 0 Å². The third-order valence-electron chi connectivity index (χ3n) is 2.91. The lowest BCUT2D eigenvalue weighted by Crippen LogP contribution is -2.17. The Hall–Kier alpha value is -2.30. The van der Waals surface area contributed by atoms with Gasteiger partial charge in [-0.05, 0) is 24.4 Å². The number of aryl methyl sites for hydroxylation is 1. The van der Waals surface area contributed by atoms with Gasteiger partial charge in [0.1, 0.15) is 5.75 Å². The maximum atomic E-state index is 12.3. The molecule has 0 aliphatic rings. The number of rotatable bonds is 1. The van der Waals surface area contributed by atoms with Crippen LogP contribution in [0.1, 0.15) is 9.81 Å². The van der Waals surface area contributed by atoms with E-state index in [9.17, 15) is 13.2 Å². The van der Waals surface area contributed by atoms with E-state index in [2.05, 4.69) is 9.72 Å². The highest BCUT2D eigenvalue weighted by molar-refractivity contribution is 6.06. The molecule has 3 aromatic rings. The first-order valence-corrected chi connectivity index (χ1v) is 5.74. The van der Waals surface area contributed by atoms with E-state index in [1.807, 2.05) is 0 Å². The van der Waals surface area contributed by atoms with Gasteiger partial charge >= 0.3 is 6.36 Å². The summed E-state index contributed by atoms with van der Waals surface area (Å²) in [5.41, 5.74) is -0.0127. The lowest BCUT2D eigenvalue weighted by atomic mass is 10.0. The van der Waals surface area contributed by atoms with Crippen molar-refractivity contribution in [2.45, 2.75) is 13.2 Å². The maximum absolute atomic E-state index is 12.3. The molecule has 0 atom stereocenters. The summed E-state index contributed by atoms with van der Waals surface area (Å²) in [6.07, 6.45) is -4.82. The van der Waals surface area contributed by atoms with E-state index in [1.54, 1.807) is 24.3 Å². The van der Waals surface area contributed by atoms with E-state index in [0.29, 0.717) is 16.2 Å². The summed E-state index contributed by atoms with van der Waals surface area (Å²) < 4.78 is 63.6. The molecule has 0 spiro atoms. The second kappa shape index (κ2) is 4.37. The van der Waals surface area contributed by atoms with Gasteiger partial charge in [0.2, 0.25) is 0 Å². The van der Waals surface area contributed by atoms with Crippen molar-refractivity contribution in [3.8, 4) is 5.75 Å². The SMILES string of the molecule is [2H]C([2H])([2H])c1nc2cc(OC(F)(F)F)ccc2c2ccccc12. The lowest BCUT2D eigenvalue weighted by molar-refractivity contribution is -0.274. The van der Waals surface area contributed by atoms with Gasteiger partial charge in [0.15, 0.2) is 0 Å². The predicted octanol–water partition coefficient (Wildman–Crippen LogP) is 4.60. The van der Waals surface area contributed by atoms with Crippen LogP contribution < -0.4 is 4.74 Å². The number of benzene rings is 2. The molecule has 0 unspecified atom stereocenters. The molecule has 1 aromatic heterocycles. The number of ether oxygens (including phenoxy) is 1. The highest BCUT2D eigenvalue weighted by atomic mass is 19.4. The Kier molecular flexibility index (Phi) is 2.09. The summed E-state index contributed by atoms with van der Waals surface area (Å²) in [5, 5.41) is 1.62. The molecule has 0 N–H and O–H groups in total. The summed E-state index contributed by atoms with van der Waals surface area (Å²) >= 11 is 0. The van der Waals surface area contributed by atoms with Crippen LogP contribution in [-0.4, -0.2) is 11.3 Å². The van der Waals surface area contributed by atoms with Crippen LogP contribution in [0.3, 0.4) is 0 Å². The normalized spacial score (nSPS) is 14.8. The van der Waals surface area contributed by atoms with Crippen LogP contribution >= 0.6 is 0 Å². The molecule has 3 rings (SSSR count). The second-order valence-electron chi connectivity index (χ2n) is 4.23. The van der Waals surface area contributed by atoms with Gasteiger partial charge in [0.05, 0.1) is 5.52 Å². The lowest BCUT2D eigenvalue weighted by Gasteiger charge is -2.11. The molecule has 0 amide bonds. The summed E-state index contributed by atoms with van der Waals surface area (Å²) in [6.45, 7) is -2.48. The minimum atomic E-state index is -4.82. The van der Waals surface area contributed by atoms with Gasteiger partial charge in [-0.25, -0.2) is 0 Å². The van der Waals surface area contributed by atoms with Crippen LogP contribution in [0.15, 0.2) is 42.5 Å². The third kappa shape index (κ3) is 2.27. The Morgan fingerprint density at radius 2 is 1.80 bits per heavy atom. The monoisotopic (exact) mass is 280 g/mol. The van der Waals surface area contributed by atoms with Crippen molar-refractivity contribution in [3.63, 3.8) is 0 Å². The first-order chi connectivity index (χ1) is 10.6. The Balaban J connectivity index is 2.30. The zero-order valence-corrected chi connectivity index (χ0v) is 10.0. The molecule has 0 aliphatic carbocycles. The molecular formula is C15H10F3NO.